The number of hydrogen-bond donors (Lipinski definition) is 2. The molecule has 3 atom stereocenters. The van der Waals surface area contributed by atoms with Gasteiger partial charge in [-0.2, -0.15) is 5.26 Å². The average molecular weight is 614 g/mol. The molecule has 9 nitrogen and oxygen atoms in total. The highest BCUT2D eigenvalue weighted by Crippen LogP contribution is 2.40. The molecule has 1 aromatic heterocycles. The van der Waals surface area contributed by atoms with Gasteiger partial charge >= 0.3 is 0 Å². The summed E-state index contributed by atoms with van der Waals surface area (Å²) in [6.07, 6.45) is -1.97. The van der Waals surface area contributed by atoms with Crippen molar-refractivity contribution in [1.82, 2.24) is 10.3 Å². The molecule has 5 rings (SSSR count). The Balaban J connectivity index is 0.00000423. The summed E-state index contributed by atoms with van der Waals surface area (Å²) >= 11 is 6.47. The molecule has 3 aromatic rings. The number of carbonyl (C=O) groups is 3. The van der Waals surface area contributed by atoms with Gasteiger partial charge in [0.1, 0.15) is 29.8 Å². The second-order valence-corrected chi connectivity index (χ2v) is 10.5. The molecule has 0 unspecified atom stereocenters. The van der Waals surface area contributed by atoms with Crippen molar-refractivity contribution in [3.63, 3.8) is 0 Å². The number of anilines is 2. The summed E-state index contributed by atoms with van der Waals surface area (Å²) in [6, 6.07) is 11.5. The van der Waals surface area contributed by atoms with Crippen molar-refractivity contribution in [2.24, 2.45) is 0 Å². The first-order valence-corrected chi connectivity index (χ1v) is 13.3. The van der Waals surface area contributed by atoms with E-state index < -0.39 is 73.0 Å². The van der Waals surface area contributed by atoms with Gasteiger partial charge in [-0.05, 0) is 36.4 Å². The van der Waals surface area contributed by atoms with Crippen molar-refractivity contribution in [2.75, 3.05) is 9.80 Å². The normalized spacial score (nSPS) is 19.9. The van der Waals surface area contributed by atoms with Crippen molar-refractivity contribution in [2.45, 2.75) is 56.8 Å². The van der Waals surface area contributed by atoms with Crippen molar-refractivity contribution in [1.29, 1.82) is 5.26 Å². The van der Waals surface area contributed by atoms with Crippen LogP contribution in [0.4, 0.5) is 24.7 Å². The van der Waals surface area contributed by atoms with Gasteiger partial charge in [0, 0.05) is 47.8 Å². The first kappa shape index (κ1) is 31.5. The number of halogens is 4. The van der Waals surface area contributed by atoms with Crippen molar-refractivity contribution in [3.05, 3.63) is 88.8 Å². The maximum atomic E-state index is 14.5. The molecule has 0 bridgehead atoms. The Morgan fingerprint density at radius 1 is 1.16 bits per heavy atom. The fourth-order valence-corrected chi connectivity index (χ4v) is 5.40. The first-order chi connectivity index (χ1) is 20.0. The first-order valence-electron chi connectivity index (χ1n) is 12.9. The van der Waals surface area contributed by atoms with Gasteiger partial charge in [0.2, 0.25) is 5.91 Å². The Kier molecular flexibility index (Phi) is 9.08. The van der Waals surface area contributed by atoms with E-state index in [1.165, 1.54) is 42.6 Å². The van der Waals surface area contributed by atoms with Crippen LogP contribution in [0, 0.1) is 17.1 Å². The molecular formula is C30H27ClF3N5O4. The number of aliphatic hydroxyl groups excluding tert-OH is 1. The van der Waals surface area contributed by atoms with Gasteiger partial charge in [0.15, 0.2) is 0 Å². The molecule has 0 radical (unpaired) electrons. The number of rotatable bonds is 7. The van der Waals surface area contributed by atoms with E-state index in [4.69, 9.17) is 11.6 Å². The smallest absolute Gasteiger partial charge is 0.257 e. The quantitative estimate of drug-likeness (QED) is 0.403. The summed E-state index contributed by atoms with van der Waals surface area (Å²) in [5, 5.41) is 22.4. The number of nitriles is 1. The molecule has 2 aliphatic rings. The van der Waals surface area contributed by atoms with Crippen LogP contribution in [0.1, 0.15) is 43.9 Å². The number of nitrogens with zero attached hydrogens (tertiary/aromatic N) is 4. The van der Waals surface area contributed by atoms with E-state index in [0.29, 0.717) is 0 Å². The third-order valence-electron chi connectivity index (χ3n) is 7.15. The summed E-state index contributed by atoms with van der Waals surface area (Å²) in [6.45, 7) is 0. The molecule has 1 saturated heterocycles. The topological polar surface area (TPSA) is 127 Å². The Morgan fingerprint density at radius 2 is 1.88 bits per heavy atom. The minimum Gasteiger partial charge on any atom is -0.383 e. The summed E-state index contributed by atoms with van der Waals surface area (Å²) < 4.78 is 41.7. The number of nitrogens with one attached hydrogen (secondary N) is 1. The Hall–Kier alpha value is -4.47. The minimum absolute atomic E-state index is 0. The number of pyridine rings is 1. The molecule has 0 spiro atoms. The van der Waals surface area contributed by atoms with E-state index in [9.17, 15) is 37.9 Å². The lowest BCUT2D eigenvalue weighted by molar-refractivity contribution is -0.133. The molecule has 2 aromatic carbocycles. The van der Waals surface area contributed by atoms with E-state index in [0.717, 1.165) is 21.9 Å². The molecule has 224 valence electrons. The van der Waals surface area contributed by atoms with E-state index in [-0.39, 0.29) is 35.1 Å². The van der Waals surface area contributed by atoms with Crippen LogP contribution in [0.25, 0.3) is 0 Å². The van der Waals surface area contributed by atoms with Crippen LogP contribution < -0.4 is 15.1 Å². The molecule has 1 aliphatic heterocycles. The molecule has 2 heterocycles. The fraction of sp³-hybridized carbons (Fsp3) is 0.300. The van der Waals surface area contributed by atoms with E-state index in [1.54, 1.807) is 12.1 Å². The van der Waals surface area contributed by atoms with Crippen molar-refractivity contribution < 1.29 is 32.7 Å². The molecule has 2 N–H and O–H groups in total. The molecule has 3 amide bonds. The Morgan fingerprint density at radius 3 is 2.53 bits per heavy atom. The number of carbonyl (C=O) groups excluding carboxylic acids is 3. The van der Waals surface area contributed by atoms with E-state index in [2.05, 4.69) is 10.3 Å². The highest BCUT2D eigenvalue weighted by Gasteiger charge is 2.50. The van der Waals surface area contributed by atoms with E-state index >= 15 is 0 Å². The van der Waals surface area contributed by atoms with Gasteiger partial charge < -0.3 is 10.4 Å². The Labute approximate surface area is 250 Å². The second-order valence-electron chi connectivity index (χ2n) is 10.1. The van der Waals surface area contributed by atoms with Gasteiger partial charge in [-0.1, -0.05) is 43.3 Å². The third kappa shape index (κ3) is 6.33. The van der Waals surface area contributed by atoms with Crippen LogP contribution in [0.15, 0.2) is 66.9 Å². The van der Waals surface area contributed by atoms with Crippen LogP contribution in [0.5, 0.6) is 0 Å². The van der Waals surface area contributed by atoms with Gasteiger partial charge in [-0.3, -0.25) is 24.2 Å². The van der Waals surface area contributed by atoms with Crippen molar-refractivity contribution in [3.8, 4) is 6.07 Å². The summed E-state index contributed by atoms with van der Waals surface area (Å²) in [4.78, 5) is 47.3. The predicted octanol–water partition coefficient (Wildman–Crippen LogP) is 4.54. The number of benzene rings is 2. The molecule has 43 heavy (non-hydrogen) atoms. The fourth-order valence-electron chi connectivity index (χ4n) is 5.16. The largest absolute Gasteiger partial charge is 0.383 e. The van der Waals surface area contributed by atoms with Crippen LogP contribution in [-0.2, 0) is 14.4 Å². The maximum absolute atomic E-state index is 14.5. The number of alkyl halides is 2. The summed E-state index contributed by atoms with van der Waals surface area (Å²) in [7, 11) is 0. The molecule has 1 aliphatic carbocycles. The van der Waals surface area contributed by atoms with Crippen molar-refractivity contribution >= 4 is 40.8 Å². The van der Waals surface area contributed by atoms with E-state index in [1.807, 2.05) is 6.07 Å². The summed E-state index contributed by atoms with van der Waals surface area (Å²) in [5.41, 5.74) is 0.154. The van der Waals surface area contributed by atoms with Crippen LogP contribution >= 0.6 is 11.6 Å². The zero-order valence-electron chi connectivity index (χ0n) is 21.8. The van der Waals surface area contributed by atoms with Crippen LogP contribution in [0.3, 0.4) is 0 Å². The zero-order valence-corrected chi connectivity index (χ0v) is 22.5. The SMILES string of the molecule is C.N#Cc1ccnc(N2C(=O)[C@H](O)C[C@H]2C(=O)N(c2cccc(F)c2)[C@H](C(=O)NC2CC(F)(F)C2)c2ccccc2Cl)c1. The number of amides is 3. The average Bonchev–Trinajstić information content (AvgIpc) is 3.24. The standard InChI is InChI=1S/C29H23ClF3N5O4.CH4/c30-21-7-2-1-6-20(21)25(26(40)36-18-13-29(32,33)14-18)37(19-5-3-4-17(31)11-19)27(41)22-12-23(39)28(42)38(22)24-10-16(15-34)8-9-35-24;/h1-11,18,22-23,25,39H,12-14H2,(H,36,40);1H4/t22-,23+,25-;/m0./s1. The van der Waals surface area contributed by atoms with Crippen LogP contribution in [0.2, 0.25) is 5.02 Å². The monoisotopic (exact) mass is 613 g/mol. The minimum atomic E-state index is -2.94. The Bertz CT molecular complexity index is 1590. The highest BCUT2D eigenvalue weighted by molar-refractivity contribution is 6.31. The summed E-state index contributed by atoms with van der Waals surface area (Å²) in [5.74, 6) is -6.42. The van der Waals surface area contributed by atoms with Gasteiger partial charge in [-0.25, -0.2) is 18.2 Å². The predicted molar refractivity (Wildman–Crippen MR) is 152 cm³/mol. The molecule has 1 saturated carbocycles. The lowest BCUT2D eigenvalue weighted by Gasteiger charge is -2.39. The van der Waals surface area contributed by atoms with Gasteiger partial charge in [0.05, 0.1) is 11.6 Å². The molecule has 13 heteroatoms. The zero-order chi connectivity index (χ0) is 30.2. The highest BCUT2D eigenvalue weighted by atomic mass is 35.5. The molecule has 2 fully saturated rings. The third-order valence-corrected chi connectivity index (χ3v) is 7.50. The lowest BCUT2D eigenvalue weighted by Crippen LogP contribution is -2.56. The number of aromatic nitrogens is 1. The van der Waals surface area contributed by atoms with Gasteiger partial charge in [0.25, 0.3) is 17.7 Å². The number of aliphatic hydroxyl groups is 1. The maximum Gasteiger partial charge on any atom is 0.257 e. The second kappa shape index (κ2) is 12.4. The lowest BCUT2D eigenvalue weighted by atomic mass is 9.87. The molecular weight excluding hydrogens is 587 g/mol. The number of hydrogen-bond acceptors (Lipinski definition) is 6. The van der Waals surface area contributed by atoms with Gasteiger partial charge in [-0.15, -0.1) is 0 Å². The van der Waals surface area contributed by atoms with Crippen LogP contribution in [-0.4, -0.2) is 51.9 Å².